The van der Waals surface area contributed by atoms with Crippen LogP contribution in [0.4, 0.5) is 5.95 Å². The summed E-state index contributed by atoms with van der Waals surface area (Å²) in [5.41, 5.74) is 7.26. The zero-order chi connectivity index (χ0) is 24.2. The average molecular weight is 491 g/mol. The lowest BCUT2D eigenvalue weighted by Crippen LogP contribution is -2.52. The molecule has 1 fully saturated rings. The number of aryl methyl sites for hydroxylation is 1. The normalized spacial score (nSPS) is 16.4. The van der Waals surface area contributed by atoms with Gasteiger partial charge in [-0.3, -0.25) is 14.0 Å². The average Bonchev–Trinajstić information content (AvgIpc) is 3.53. The summed E-state index contributed by atoms with van der Waals surface area (Å²) in [5.74, 6) is 0.933. The molecule has 4 aromatic heterocycles. The first-order chi connectivity index (χ1) is 16.2. The molecule has 0 unspecified atom stereocenters. The van der Waals surface area contributed by atoms with Crippen LogP contribution >= 0.6 is 0 Å². The van der Waals surface area contributed by atoms with Crippen LogP contribution in [-0.4, -0.2) is 97.5 Å². The Bertz CT molecular complexity index is 1510. The second kappa shape index (κ2) is 8.19. The summed E-state index contributed by atoms with van der Waals surface area (Å²) in [6.45, 7) is 2.87. The van der Waals surface area contributed by atoms with Crippen LogP contribution in [0.1, 0.15) is 0 Å². The fourth-order valence-electron chi connectivity index (χ4n) is 4.16. The van der Waals surface area contributed by atoms with E-state index in [2.05, 4.69) is 20.0 Å². The second-order valence-corrected chi connectivity index (χ2v) is 10.5. The van der Waals surface area contributed by atoms with Crippen LogP contribution in [0.25, 0.3) is 28.4 Å². The molecule has 0 aliphatic carbocycles. The Balaban J connectivity index is 1.42. The number of hydrogen-bond donors (Lipinski definition) is 1. The van der Waals surface area contributed by atoms with E-state index < -0.39 is 10.2 Å². The number of hydrogen-bond acceptors (Lipinski definition) is 9. The zero-order valence-electron chi connectivity index (χ0n) is 19.1. The van der Waals surface area contributed by atoms with Gasteiger partial charge in [-0.1, -0.05) is 0 Å². The second-order valence-electron chi connectivity index (χ2n) is 8.31. The largest absolute Gasteiger partial charge is 0.461 e. The van der Waals surface area contributed by atoms with Crippen LogP contribution in [0, 0.1) is 0 Å². The molecule has 14 nitrogen and oxygen atoms in total. The Hall–Kier alpha value is -3.27. The molecule has 0 bridgehead atoms. The number of rotatable bonds is 6. The van der Waals surface area contributed by atoms with Crippen LogP contribution in [0.15, 0.2) is 27.6 Å². The number of imidazole rings is 1. The van der Waals surface area contributed by atoms with Crippen LogP contribution in [0.3, 0.4) is 0 Å². The molecule has 1 aliphatic heterocycles. The first-order valence-corrected chi connectivity index (χ1v) is 12.1. The molecular formula is C19H26N10O4S. The van der Waals surface area contributed by atoms with Crippen LogP contribution < -0.4 is 11.4 Å². The Kier molecular flexibility index (Phi) is 5.43. The standard InChI is InChI=1S/C19H26N10O4S/c1-24(2)34(31,32)27-9-6-26(7-10-27)8-11-28-16-14(25(3)19(28)30)17-21-15(13-5-4-12-33-13)23-29(17)18(20)22-16/h4-5,12H,6-11H2,1-3H3,(H2,20,22). The van der Waals surface area contributed by atoms with Crippen molar-refractivity contribution in [3.63, 3.8) is 0 Å². The number of anilines is 1. The molecular weight excluding hydrogens is 464 g/mol. The fraction of sp³-hybridized carbons (Fsp3) is 0.474. The van der Waals surface area contributed by atoms with Crippen molar-refractivity contribution >= 4 is 33.0 Å². The molecule has 0 amide bonds. The Labute approximate surface area is 195 Å². The predicted octanol–water partition coefficient (Wildman–Crippen LogP) is -0.956. The van der Waals surface area contributed by atoms with E-state index in [1.54, 1.807) is 23.7 Å². The SMILES string of the molecule is CN(C)S(=O)(=O)N1CCN(CCn2c(=O)n(C)c3c2nc(N)n2nc(-c4ccco4)nc32)CC1. The van der Waals surface area contributed by atoms with Gasteiger partial charge in [0.15, 0.2) is 17.1 Å². The third kappa shape index (κ3) is 3.56. The van der Waals surface area contributed by atoms with E-state index in [9.17, 15) is 13.2 Å². The van der Waals surface area contributed by atoms with E-state index in [1.165, 1.54) is 38.1 Å². The summed E-state index contributed by atoms with van der Waals surface area (Å²) in [4.78, 5) is 24.2. The molecule has 1 saturated heterocycles. The highest BCUT2D eigenvalue weighted by Gasteiger charge is 2.29. The van der Waals surface area contributed by atoms with Gasteiger partial charge in [0.1, 0.15) is 5.52 Å². The Morgan fingerprint density at radius 3 is 2.50 bits per heavy atom. The maximum atomic E-state index is 13.1. The third-order valence-electron chi connectivity index (χ3n) is 6.08. The van der Waals surface area contributed by atoms with Gasteiger partial charge >= 0.3 is 5.69 Å². The van der Waals surface area contributed by atoms with Gasteiger partial charge in [-0.05, 0) is 12.1 Å². The summed E-state index contributed by atoms with van der Waals surface area (Å²) >= 11 is 0. The van der Waals surface area contributed by atoms with Crippen molar-refractivity contribution in [1.82, 2.24) is 42.2 Å². The number of nitrogen functional groups attached to an aromatic ring is 1. The van der Waals surface area contributed by atoms with Gasteiger partial charge in [0.2, 0.25) is 11.8 Å². The number of piperazine rings is 1. The molecule has 0 spiro atoms. The molecule has 2 N–H and O–H groups in total. The smallest absolute Gasteiger partial charge is 0.330 e. The minimum atomic E-state index is -3.43. The summed E-state index contributed by atoms with van der Waals surface area (Å²) in [6.07, 6.45) is 1.53. The summed E-state index contributed by atoms with van der Waals surface area (Å²) in [7, 11) is 1.28. The van der Waals surface area contributed by atoms with Crippen LogP contribution in [-0.2, 0) is 23.8 Å². The van der Waals surface area contributed by atoms with E-state index in [0.29, 0.717) is 67.7 Å². The highest BCUT2D eigenvalue weighted by Crippen LogP contribution is 2.23. The Morgan fingerprint density at radius 2 is 1.85 bits per heavy atom. The maximum absolute atomic E-state index is 13.1. The van der Waals surface area contributed by atoms with Gasteiger partial charge in [0.05, 0.1) is 6.26 Å². The maximum Gasteiger partial charge on any atom is 0.330 e. The highest BCUT2D eigenvalue weighted by atomic mass is 32.2. The molecule has 34 heavy (non-hydrogen) atoms. The lowest BCUT2D eigenvalue weighted by Gasteiger charge is -2.35. The molecule has 5 heterocycles. The van der Waals surface area contributed by atoms with E-state index in [1.807, 2.05) is 0 Å². The molecule has 182 valence electrons. The monoisotopic (exact) mass is 490 g/mol. The number of aromatic nitrogens is 6. The number of nitrogens with zero attached hydrogens (tertiary/aromatic N) is 9. The minimum Gasteiger partial charge on any atom is -0.461 e. The third-order valence-corrected chi connectivity index (χ3v) is 8.02. The quantitative estimate of drug-likeness (QED) is 0.360. The van der Waals surface area contributed by atoms with Crippen molar-refractivity contribution in [2.45, 2.75) is 6.54 Å². The molecule has 0 atom stereocenters. The van der Waals surface area contributed by atoms with Crippen LogP contribution in [0.5, 0.6) is 0 Å². The predicted molar refractivity (Wildman–Crippen MR) is 124 cm³/mol. The molecule has 5 rings (SSSR count). The van der Waals surface area contributed by atoms with Crippen molar-refractivity contribution in [1.29, 1.82) is 0 Å². The lowest BCUT2D eigenvalue weighted by atomic mass is 10.3. The fourth-order valence-corrected chi connectivity index (χ4v) is 5.24. The van der Waals surface area contributed by atoms with E-state index in [0.717, 1.165) is 0 Å². The Morgan fingerprint density at radius 1 is 1.12 bits per heavy atom. The van der Waals surface area contributed by atoms with Crippen molar-refractivity contribution < 1.29 is 12.8 Å². The van der Waals surface area contributed by atoms with Gasteiger partial charge in [0.25, 0.3) is 10.2 Å². The van der Waals surface area contributed by atoms with Crippen molar-refractivity contribution in [2.75, 3.05) is 52.6 Å². The first-order valence-electron chi connectivity index (χ1n) is 10.7. The topological polar surface area (TPSA) is 153 Å². The van der Waals surface area contributed by atoms with Gasteiger partial charge in [-0.15, -0.1) is 5.10 Å². The minimum absolute atomic E-state index is 0.106. The van der Waals surface area contributed by atoms with E-state index in [-0.39, 0.29) is 11.6 Å². The van der Waals surface area contributed by atoms with Gasteiger partial charge < -0.3 is 10.2 Å². The first kappa shape index (κ1) is 22.5. The van der Waals surface area contributed by atoms with Gasteiger partial charge in [0, 0.05) is 60.4 Å². The molecule has 15 heteroatoms. The summed E-state index contributed by atoms with van der Waals surface area (Å²) in [5, 5.41) is 4.38. The molecule has 4 aromatic rings. The lowest BCUT2D eigenvalue weighted by molar-refractivity contribution is 0.178. The summed E-state index contributed by atoms with van der Waals surface area (Å²) < 4.78 is 37.2. The molecule has 0 aromatic carbocycles. The van der Waals surface area contributed by atoms with Crippen molar-refractivity contribution in [3.8, 4) is 11.6 Å². The highest BCUT2D eigenvalue weighted by molar-refractivity contribution is 7.86. The van der Waals surface area contributed by atoms with Crippen molar-refractivity contribution in [2.24, 2.45) is 7.05 Å². The van der Waals surface area contributed by atoms with Gasteiger partial charge in [-0.25, -0.2) is 9.78 Å². The number of furan rings is 1. The number of fused-ring (bicyclic) bond motifs is 3. The summed E-state index contributed by atoms with van der Waals surface area (Å²) in [6, 6.07) is 3.48. The van der Waals surface area contributed by atoms with E-state index >= 15 is 0 Å². The molecule has 0 radical (unpaired) electrons. The molecule has 1 aliphatic rings. The van der Waals surface area contributed by atoms with E-state index in [4.69, 9.17) is 10.2 Å². The van der Waals surface area contributed by atoms with Crippen molar-refractivity contribution in [3.05, 3.63) is 28.9 Å². The van der Waals surface area contributed by atoms with Crippen LogP contribution in [0.2, 0.25) is 0 Å². The van der Waals surface area contributed by atoms with Gasteiger partial charge in [-0.2, -0.15) is 26.5 Å². The number of nitrogens with two attached hydrogens (primary N) is 1. The molecule has 0 saturated carbocycles. The zero-order valence-corrected chi connectivity index (χ0v) is 19.9.